The van der Waals surface area contributed by atoms with Gasteiger partial charge in [-0.1, -0.05) is 36.7 Å². The Morgan fingerprint density at radius 1 is 1.38 bits per heavy atom. The molecule has 0 fully saturated rings. The van der Waals surface area contributed by atoms with Gasteiger partial charge in [0, 0.05) is 6.42 Å². The summed E-state index contributed by atoms with van der Waals surface area (Å²) in [4.78, 5) is 0.195. The van der Waals surface area contributed by atoms with Crippen molar-refractivity contribution in [2.75, 3.05) is 0 Å². The van der Waals surface area contributed by atoms with Crippen molar-refractivity contribution in [1.82, 2.24) is 10.2 Å². The zero-order valence-electron chi connectivity index (χ0n) is 8.25. The van der Waals surface area contributed by atoms with Gasteiger partial charge in [0.15, 0.2) is 0 Å². The third kappa shape index (κ3) is 3.10. The SMILES string of the molecule is CCC(Br)c1nnc(CC(C)C)o1. The molecule has 1 aromatic heterocycles. The summed E-state index contributed by atoms with van der Waals surface area (Å²) in [6.45, 7) is 6.34. The van der Waals surface area contributed by atoms with Crippen LogP contribution in [0.25, 0.3) is 0 Å². The smallest absolute Gasteiger partial charge is 0.230 e. The summed E-state index contributed by atoms with van der Waals surface area (Å²) in [6, 6.07) is 0. The van der Waals surface area contributed by atoms with E-state index >= 15 is 0 Å². The minimum absolute atomic E-state index is 0.195. The normalized spacial score (nSPS) is 13.6. The fourth-order valence-corrected chi connectivity index (χ4v) is 1.18. The lowest BCUT2D eigenvalue weighted by molar-refractivity contribution is 0.423. The maximum absolute atomic E-state index is 5.48. The van der Waals surface area contributed by atoms with Crippen molar-refractivity contribution in [2.24, 2.45) is 5.92 Å². The van der Waals surface area contributed by atoms with Crippen LogP contribution in [0.5, 0.6) is 0 Å². The highest BCUT2D eigenvalue weighted by molar-refractivity contribution is 9.09. The van der Waals surface area contributed by atoms with Gasteiger partial charge >= 0.3 is 0 Å². The van der Waals surface area contributed by atoms with Crippen molar-refractivity contribution < 1.29 is 4.42 Å². The first-order valence-corrected chi connectivity index (χ1v) is 5.51. The second kappa shape index (κ2) is 4.74. The van der Waals surface area contributed by atoms with Crippen LogP contribution >= 0.6 is 15.9 Å². The molecule has 1 heterocycles. The average molecular weight is 247 g/mol. The first-order valence-electron chi connectivity index (χ1n) is 4.59. The Morgan fingerprint density at radius 3 is 2.62 bits per heavy atom. The van der Waals surface area contributed by atoms with Gasteiger partial charge in [0.2, 0.25) is 11.8 Å². The lowest BCUT2D eigenvalue weighted by Gasteiger charge is -1.99. The van der Waals surface area contributed by atoms with E-state index in [1.165, 1.54) is 0 Å². The lowest BCUT2D eigenvalue weighted by atomic mass is 10.1. The molecule has 0 aliphatic rings. The Bertz CT molecular complexity index is 260. The molecule has 0 N–H and O–H groups in total. The molecule has 1 aromatic rings. The molecule has 0 aliphatic heterocycles. The van der Waals surface area contributed by atoms with E-state index in [1.54, 1.807) is 0 Å². The van der Waals surface area contributed by atoms with Gasteiger partial charge in [-0.3, -0.25) is 0 Å². The van der Waals surface area contributed by atoms with E-state index < -0.39 is 0 Å². The lowest BCUT2D eigenvalue weighted by Crippen LogP contribution is -1.93. The van der Waals surface area contributed by atoms with Gasteiger partial charge < -0.3 is 4.42 Å². The molecule has 0 saturated carbocycles. The van der Waals surface area contributed by atoms with Crippen molar-refractivity contribution >= 4 is 15.9 Å². The zero-order chi connectivity index (χ0) is 9.84. The van der Waals surface area contributed by atoms with E-state index in [4.69, 9.17) is 4.42 Å². The highest BCUT2D eigenvalue weighted by Gasteiger charge is 2.13. The Hall–Kier alpha value is -0.380. The molecule has 0 radical (unpaired) electrons. The first-order chi connectivity index (χ1) is 6.13. The molecular weight excluding hydrogens is 232 g/mol. The van der Waals surface area contributed by atoms with Gasteiger partial charge in [-0.05, 0) is 12.3 Å². The summed E-state index contributed by atoms with van der Waals surface area (Å²) in [7, 11) is 0. The largest absolute Gasteiger partial charge is 0.424 e. The predicted octanol–water partition coefficient (Wildman–Crippen LogP) is 3.11. The van der Waals surface area contributed by atoms with Crippen LogP contribution in [0.4, 0.5) is 0 Å². The van der Waals surface area contributed by atoms with Crippen LogP contribution in [-0.2, 0) is 6.42 Å². The summed E-state index contributed by atoms with van der Waals surface area (Å²) >= 11 is 3.47. The van der Waals surface area contributed by atoms with Crippen LogP contribution in [0, 0.1) is 5.92 Å². The number of aromatic nitrogens is 2. The first kappa shape index (κ1) is 10.7. The van der Waals surface area contributed by atoms with E-state index in [9.17, 15) is 0 Å². The van der Waals surface area contributed by atoms with Crippen LogP contribution in [0.2, 0.25) is 0 Å². The molecule has 0 bridgehead atoms. The number of alkyl halides is 1. The van der Waals surface area contributed by atoms with Crippen molar-refractivity contribution in [2.45, 2.75) is 38.4 Å². The van der Waals surface area contributed by atoms with Gasteiger partial charge in [0.05, 0.1) is 4.83 Å². The second-order valence-corrected chi connectivity index (χ2v) is 4.61. The molecule has 0 aliphatic carbocycles. The number of halogens is 1. The summed E-state index contributed by atoms with van der Waals surface area (Å²) in [5, 5.41) is 7.96. The van der Waals surface area contributed by atoms with E-state index in [0.717, 1.165) is 18.7 Å². The molecule has 3 nitrogen and oxygen atoms in total. The van der Waals surface area contributed by atoms with Crippen molar-refractivity contribution in [3.05, 3.63) is 11.8 Å². The number of hydrogen-bond acceptors (Lipinski definition) is 3. The van der Waals surface area contributed by atoms with Crippen LogP contribution in [0.3, 0.4) is 0 Å². The number of rotatable bonds is 4. The second-order valence-electron chi connectivity index (χ2n) is 3.51. The Balaban J connectivity index is 2.63. The molecule has 0 saturated heterocycles. The Labute approximate surface area is 87.1 Å². The Morgan fingerprint density at radius 2 is 2.08 bits per heavy atom. The zero-order valence-corrected chi connectivity index (χ0v) is 9.84. The molecule has 13 heavy (non-hydrogen) atoms. The van der Waals surface area contributed by atoms with Gasteiger partial charge in [0.25, 0.3) is 0 Å². The third-order valence-corrected chi connectivity index (χ3v) is 2.73. The van der Waals surface area contributed by atoms with Crippen LogP contribution in [-0.4, -0.2) is 10.2 Å². The summed E-state index contributed by atoms with van der Waals surface area (Å²) in [6.07, 6.45) is 1.82. The summed E-state index contributed by atoms with van der Waals surface area (Å²) in [5.41, 5.74) is 0. The fraction of sp³-hybridized carbons (Fsp3) is 0.778. The van der Waals surface area contributed by atoms with Crippen molar-refractivity contribution in [3.63, 3.8) is 0 Å². The summed E-state index contributed by atoms with van der Waals surface area (Å²) < 4.78 is 5.48. The number of nitrogens with zero attached hydrogens (tertiary/aromatic N) is 2. The standard InChI is InChI=1S/C9H15BrN2O/c1-4-7(10)9-12-11-8(13-9)5-6(2)3/h6-7H,4-5H2,1-3H3. The molecule has 1 unspecified atom stereocenters. The monoisotopic (exact) mass is 246 g/mol. The molecule has 1 atom stereocenters. The van der Waals surface area contributed by atoms with Crippen LogP contribution < -0.4 is 0 Å². The molecular formula is C9H15BrN2O. The minimum Gasteiger partial charge on any atom is -0.424 e. The topological polar surface area (TPSA) is 38.9 Å². The van der Waals surface area contributed by atoms with Gasteiger partial charge in [0.1, 0.15) is 0 Å². The molecule has 0 amide bonds. The van der Waals surface area contributed by atoms with E-state index in [1.807, 2.05) is 0 Å². The van der Waals surface area contributed by atoms with Gasteiger partial charge in [-0.15, -0.1) is 10.2 Å². The fourth-order valence-electron chi connectivity index (χ4n) is 1.000. The van der Waals surface area contributed by atoms with E-state index in [0.29, 0.717) is 11.8 Å². The Kier molecular flexibility index (Phi) is 3.90. The van der Waals surface area contributed by atoms with E-state index in [-0.39, 0.29) is 4.83 Å². The van der Waals surface area contributed by atoms with Gasteiger partial charge in [-0.2, -0.15) is 0 Å². The maximum Gasteiger partial charge on any atom is 0.230 e. The molecule has 4 heteroatoms. The average Bonchev–Trinajstić information content (AvgIpc) is 2.50. The molecule has 0 aromatic carbocycles. The highest BCUT2D eigenvalue weighted by atomic mass is 79.9. The van der Waals surface area contributed by atoms with Gasteiger partial charge in [-0.25, -0.2) is 0 Å². The highest BCUT2D eigenvalue weighted by Crippen LogP contribution is 2.24. The maximum atomic E-state index is 5.48. The van der Waals surface area contributed by atoms with Crippen molar-refractivity contribution in [3.8, 4) is 0 Å². The van der Waals surface area contributed by atoms with Crippen molar-refractivity contribution in [1.29, 1.82) is 0 Å². The predicted molar refractivity (Wildman–Crippen MR) is 54.8 cm³/mol. The van der Waals surface area contributed by atoms with E-state index in [2.05, 4.69) is 46.9 Å². The quantitative estimate of drug-likeness (QED) is 0.767. The molecule has 74 valence electrons. The molecule has 0 spiro atoms. The minimum atomic E-state index is 0.195. The number of hydrogen-bond donors (Lipinski definition) is 0. The summed E-state index contributed by atoms with van der Waals surface area (Å²) in [5.74, 6) is 1.99. The molecule has 1 rings (SSSR count). The third-order valence-electron chi connectivity index (χ3n) is 1.69. The van der Waals surface area contributed by atoms with Crippen LogP contribution in [0.15, 0.2) is 4.42 Å². The van der Waals surface area contributed by atoms with Crippen LogP contribution in [0.1, 0.15) is 43.8 Å².